The predicted octanol–water partition coefficient (Wildman–Crippen LogP) is 1.59. The number of hydrogen-bond donors (Lipinski definition) is 0. The highest BCUT2D eigenvalue weighted by atomic mass is 16.5. The molecule has 0 saturated heterocycles. The van der Waals surface area contributed by atoms with Crippen LogP contribution in [0.5, 0.6) is 0 Å². The van der Waals surface area contributed by atoms with Gasteiger partial charge in [0.2, 0.25) is 0 Å². The summed E-state index contributed by atoms with van der Waals surface area (Å²) in [7, 11) is 3.46. The van der Waals surface area contributed by atoms with E-state index in [4.69, 9.17) is 9.47 Å². The second-order valence-electron chi connectivity index (χ2n) is 5.19. The molecule has 0 unspecified atom stereocenters. The largest absolute Gasteiger partial charge is 0.377 e. The van der Waals surface area contributed by atoms with Gasteiger partial charge in [-0.3, -0.25) is 4.79 Å². The molecule has 2 bridgehead atoms. The van der Waals surface area contributed by atoms with Crippen LogP contribution in [0.4, 0.5) is 0 Å². The van der Waals surface area contributed by atoms with Crippen molar-refractivity contribution in [2.24, 2.45) is 23.7 Å². The summed E-state index contributed by atoms with van der Waals surface area (Å²) in [6.07, 6.45) is 9.27. The molecule has 3 nitrogen and oxygen atoms in total. The molecule has 0 aromatic carbocycles. The Hall–Kier alpha value is -0.930. The van der Waals surface area contributed by atoms with Crippen LogP contribution in [0.15, 0.2) is 24.3 Å². The SMILES string of the molecule is CO[C@H]1C=C[C@@H](OC)[C@@H]2[C@H]1[C@@H]1C=C[C@H]2CC1=O. The van der Waals surface area contributed by atoms with Gasteiger partial charge in [-0.05, 0) is 5.92 Å². The number of rotatable bonds is 2. The summed E-state index contributed by atoms with van der Waals surface area (Å²) in [6, 6.07) is 0. The van der Waals surface area contributed by atoms with Gasteiger partial charge in [0, 0.05) is 38.4 Å². The van der Waals surface area contributed by atoms with E-state index in [2.05, 4.69) is 24.3 Å². The molecular formula is C14H18O3. The van der Waals surface area contributed by atoms with Gasteiger partial charge in [0.15, 0.2) is 0 Å². The van der Waals surface area contributed by atoms with E-state index < -0.39 is 0 Å². The predicted molar refractivity (Wildman–Crippen MR) is 63.5 cm³/mol. The third-order valence-corrected chi connectivity index (χ3v) is 4.52. The lowest BCUT2D eigenvalue weighted by Crippen LogP contribution is -2.53. The van der Waals surface area contributed by atoms with E-state index in [1.54, 1.807) is 14.2 Å². The van der Waals surface area contributed by atoms with Crippen LogP contribution in [0.2, 0.25) is 0 Å². The first-order valence-electron chi connectivity index (χ1n) is 6.21. The third-order valence-electron chi connectivity index (χ3n) is 4.52. The van der Waals surface area contributed by atoms with Crippen LogP contribution in [0, 0.1) is 23.7 Å². The van der Waals surface area contributed by atoms with Gasteiger partial charge in [-0.2, -0.15) is 0 Å². The highest BCUT2D eigenvalue weighted by Gasteiger charge is 2.52. The second-order valence-corrected chi connectivity index (χ2v) is 5.19. The van der Waals surface area contributed by atoms with Gasteiger partial charge in [0.25, 0.3) is 0 Å². The van der Waals surface area contributed by atoms with Gasteiger partial charge in [0.05, 0.1) is 12.2 Å². The van der Waals surface area contributed by atoms with Crippen molar-refractivity contribution in [2.45, 2.75) is 18.6 Å². The lowest BCUT2D eigenvalue weighted by atomic mass is 9.57. The number of methoxy groups -OCH3 is 2. The fraction of sp³-hybridized carbons (Fsp3) is 0.643. The molecular weight excluding hydrogens is 216 g/mol. The molecule has 1 fully saturated rings. The number of ketones is 1. The zero-order valence-electron chi connectivity index (χ0n) is 10.2. The second kappa shape index (κ2) is 4.07. The number of Topliss-reactive ketones (excluding diaryl/α,β-unsaturated/α-hetero) is 1. The smallest absolute Gasteiger partial charge is 0.140 e. The van der Waals surface area contributed by atoms with Crippen LogP contribution in [0.25, 0.3) is 0 Å². The fourth-order valence-electron chi connectivity index (χ4n) is 3.77. The summed E-state index contributed by atoms with van der Waals surface area (Å²) < 4.78 is 11.1. The highest BCUT2D eigenvalue weighted by Crippen LogP contribution is 2.49. The molecule has 6 atom stereocenters. The Labute approximate surface area is 101 Å². The molecule has 0 radical (unpaired) electrons. The number of carbonyl (C=O) groups is 1. The molecule has 0 aromatic heterocycles. The minimum absolute atomic E-state index is 0.0255. The fourth-order valence-corrected chi connectivity index (χ4v) is 3.77. The van der Waals surface area contributed by atoms with E-state index >= 15 is 0 Å². The van der Waals surface area contributed by atoms with Gasteiger partial charge < -0.3 is 9.47 Å². The Kier molecular flexibility index (Phi) is 2.68. The van der Waals surface area contributed by atoms with Crippen molar-refractivity contribution in [1.29, 1.82) is 0 Å². The normalized spacial score (nSPS) is 47.3. The van der Waals surface area contributed by atoms with Crippen LogP contribution >= 0.6 is 0 Å². The van der Waals surface area contributed by atoms with Crippen LogP contribution in [0.1, 0.15) is 6.42 Å². The molecule has 0 heterocycles. The summed E-state index contributed by atoms with van der Waals surface area (Å²) in [5.74, 6) is 1.36. The van der Waals surface area contributed by atoms with Crippen molar-refractivity contribution >= 4 is 5.78 Å². The molecule has 3 heteroatoms. The van der Waals surface area contributed by atoms with Gasteiger partial charge in [0.1, 0.15) is 5.78 Å². The molecule has 92 valence electrons. The van der Waals surface area contributed by atoms with Crippen molar-refractivity contribution < 1.29 is 14.3 Å². The maximum Gasteiger partial charge on any atom is 0.140 e. The lowest BCUT2D eigenvalue weighted by Gasteiger charge is -2.50. The molecule has 4 aliphatic rings. The zero-order chi connectivity index (χ0) is 12.0. The van der Waals surface area contributed by atoms with Gasteiger partial charge in [-0.25, -0.2) is 0 Å². The molecule has 4 rings (SSSR count). The average Bonchev–Trinajstić information content (AvgIpc) is 2.37. The number of hydrogen-bond acceptors (Lipinski definition) is 3. The van der Waals surface area contributed by atoms with Crippen LogP contribution in [0.3, 0.4) is 0 Å². The minimum atomic E-state index is 0.0255. The Balaban J connectivity index is 2.00. The van der Waals surface area contributed by atoms with Crippen molar-refractivity contribution in [3.8, 4) is 0 Å². The van der Waals surface area contributed by atoms with Gasteiger partial charge in [-0.15, -0.1) is 0 Å². The quantitative estimate of drug-likeness (QED) is 0.681. The maximum absolute atomic E-state index is 12.0. The van der Waals surface area contributed by atoms with Gasteiger partial charge >= 0.3 is 0 Å². The monoisotopic (exact) mass is 234 g/mol. The summed E-state index contributed by atoms with van der Waals surface area (Å²) in [5.41, 5.74) is 0. The topological polar surface area (TPSA) is 35.5 Å². The summed E-state index contributed by atoms with van der Waals surface area (Å²) >= 11 is 0. The van der Waals surface area contributed by atoms with Crippen molar-refractivity contribution in [1.82, 2.24) is 0 Å². The van der Waals surface area contributed by atoms with Gasteiger partial charge in [-0.1, -0.05) is 24.3 Å². The molecule has 4 aliphatic carbocycles. The average molecular weight is 234 g/mol. The van der Waals surface area contributed by atoms with E-state index in [0.29, 0.717) is 24.0 Å². The van der Waals surface area contributed by atoms with E-state index in [1.807, 2.05) is 0 Å². The Bertz CT molecular complexity index is 385. The Morgan fingerprint density at radius 2 is 1.65 bits per heavy atom. The van der Waals surface area contributed by atoms with Crippen molar-refractivity contribution in [3.05, 3.63) is 24.3 Å². The van der Waals surface area contributed by atoms with Crippen molar-refractivity contribution in [3.63, 3.8) is 0 Å². The van der Waals surface area contributed by atoms with Crippen molar-refractivity contribution in [2.75, 3.05) is 14.2 Å². The maximum atomic E-state index is 12.0. The standard InChI is InChI=1S/C14H18O3/c1-16-11-5-6-12(17-2)14-9-4-3-8(13(11)14)7-10(9)15/h3-6,8-9,11-14H,7H2,1-2H3/t8-,9+,11+,12-,13+,14-/m0/s1. The zero-order valence-corrected chi connectivity index (χ0v) is 10.2. The number of ether oxygens (including phenoxy) is 2. The molecule has 1 saturated carbocycles. The number of fused-ring (bicyclic) bond motifs is 1. The van der Waals surface area contributed by atoms with E-state index in [-0.39, 0.29) is 24.0 Å². The number of allylic oxidation sites excluding steroid dienone is 2. The minimum Gasteiger partial charge on any atom is -0.377 e. The summed E-state index contributed by atoms with van der Waals surface area (Å²) in [4.78, 5) is 12.0. The first-order valence-corrected chi connectivity index (χ1v) is 6.21. The van der Waals surface area contributed by atoms with E-state index in [0.717, 1.165) is 0 Å². The Morgan fingerprint density at radius 1 is 1.00 bits per heavy atom. The molecule has 0 aliphatic heterocycles. The highest BCUT2D eigenvalue weighted by molar-refractivity contribution is 5.86. The third kappa shape index (κ3) is 1.53. The molecule has 17 heavy (non-hydrogen) atoms. The lowest BCUT2D eigenvalue weighted by molar-refractivity contribution is -0.137. The molecule has 0 N–H and O–H groups in total. The first kappa shape index (κ1) is 11.2. The van der Waals surface area contributed by atoms with E-state index in [1.165, 1.54) is 0 Å². The summed E-state index contributed by atoms with van der Waals surface area (Å²) in [6.45, 7) is 0. The molecule has 0 aromatic rings. The molecule has 0 amide bonds. The first-order chi connectivity index (χ1) is 8.26. The van der Waals surface area contributed by atoms with Crippen LogP contribution in [-0.4, -0.2) is 32.2 Å². The number of carbonyl (C=O) groups excluding carboxylic acids is 1. The summed E-state index contributed by atoms with van der Waals surface area (Å²) in [5, 5.41) is 0. The molecule has 0 spiro atoms. The van der Waals surface area contributed by atoms with E-state index in [9.17, 15) is 4.79 Å². The van der Waals surface area contributed by atoms with Crippen LogP contribution in [-0.2, 0) is 14.3 Å². The Morgan fingerprint density at radius 3 is 2.24 bits per heavy atom. The van der Waals surface area contributed by atoms with Crippen LogP contribution < -0.4 is 0 Å².